The van der Waals surface area contributed by atoms with E-state index in [2.05, 4.69) is 15.0 Å². The number of fused-ring (bicyclic) bond motifs is 3. The second-order valence-electron chi connectivity index (χ2n) is 5.47. The Labute approximate surface area is 126 Å². The summed E-state index contributed by atoms with van der Waals surface area (Å²) in [5.74, 6) is 0.732. The van der Waals surface area contributed by atoms with Crippen LogP contribution in [0.15, 0.2) is 30.7 Å². The molecule has 0 saturated carbocycles. The van der Waals surface area contributed by atoms with Gasteiger partial charge >= 0.3 is 0 Å². The molecule has 1 aliphatic rings. The number of aromatic amines is 1. The first-order valence-corrected chi connectivity index (χ1v) is 8.46. The Morgan fingerprint density at radius 1 is 1.32 bits per heavy atom. The van der Waals surface area contributed by atoms with Crippen LogP contribution in [0.4, 0.5) is 5.82 Å². The molecular weight excluding hydrogens is 304 g/mol. The molecule has 0 aromatic carbocycles. The van der Waals surface area contributed by atoms with E-state index in [4.69, 9.17) is 0 Å². The predicted octanol–water partition coefficient (Wildman–Crippen LogP) is 1.58. The van der Waals surface area contributed by atoms with E-state index >= 15 is 0 Å². The maximum absolute atomic E-state index is 11.3. The van der Waals surface area contributed by atoms with Crippen molar-refractivity contribution >= 4 is 37.7 Å². The SMILES string of the molecule is O=S(=O)(O)C1CCN(c2nccc3cnc4[nH]ccc4c23)C1. The molecule has 4 heterocycles. The van der Waals surface area contributed by atoms with Crippen molar-refractivity contribution < 1.29 is 13.0 Å². The number of aromatic nitrogens is 3. The van der Waals surface area contributed by atoms with Gasteiger partial charge in [-0.3, -0.25) is 4.55 Å². The maximum Gasteiger partial charge on any atom is 0.269 e. The lowest BCUT2D eigenvalue weighted by Gasteiger charge is -2.19. The molecule has 1 aliphatic heterocycles. The number of nitrogens with zero attached hydrogens (tertiary/aromatic N) is 3. The molecule has 1 saturated heterocycles. The van der Waals surface area contributed by atoms with E-state index in [1.165, 1.54) is 0 Å². The van der Waals surface area contributed by atoms with E-state index in [0.717, 1.165) is 27.6 Å². The summed E-state index contributed by atoms with van der Waals surface area (Å²) in [6, 6.07) is 3.82. The highest BCUT2D eigenvalue weighted by Gasteiger charge is 2.33. The molecule has 114 valence electrons. The normalized spacial score (nSPS) is 19.3. The summed E-state index contributed by atoms with van der Waals surface area (Å²) in [6.45, 7) is 0.796. The van der Waals surface area contributed by atoms with Crippen LogP contribution in [0.25, 0.3) is 21.8 Å². The van der Waals surface area contributed by atoms with Crippen LogP contribution in [0.2, 0.25) is 0 Å². The van der Waals surface area contributed by atoms with Gasteiger partial charge in [-0.25, -0.2) is 9.97 Å². The van der Waals surface area contributed by atoms with Gasteiger partial charge in [0.1, 0.15) is 16.7 Å². The Morgan fingerprint density at radius 3 is 2.95 bits per heavy atom. The fourth-order valence-electron chi connectivity index (χ4n) is 3.06. The third-order valence-corrected chi connectivity index (χ3v) is 5.38. The summed E-state index contributed by atoms with van der Waals surface area (Å²) >= 11 is 0. The van der Waals surface area contributed by atoms with Gasteiger partial charge in [-0.15, -0.1) is 0 Å². The standard InChI is InChI=1S/C14H14N4O3S/c19-22(20,21)10-3-6-18(8-10)14-12-9(1-4-16-14)7-17-13-11(12)2-5-15-13/h1-2,4-5,7,10H,3,6,8H2,(H,15,17)(H,19,20,21). The first kappa shape index (κ1) is 13.5. The minimum atomic E-state index is -4.02. The third-order valence-electron chi connectivity index (χ3n) is 4.16. The zero-order valence-corrected chi connectivity index (χ0v) is 12.4. The van der Waals surface area contributed by atoms with Crippen LogP contribution in [0.1, 0.15) is 6.42 Å². The van der Waals surface area contributed by atoms with Gasteiger partial charge in [-0.1, -0.05) is 0 Å². The van der Waals surface area contributed by atoms with E-state index in [1.807, 2.05) is 23.2 Å². The fraction of sp³-hybridized carbons (Fsp3) is 0.286. The topological polar surface area (TPSA) is 99.2 Å². The second kappa shape index (κ2) is 4.65. The number of hydrogen-bond acceptors (Lipinski definition) is 5. The van der Waals surface area contributed by atoms with Crippen LogP contribution in [0.5, 0.6) is 0 Å². The molecule has 1 fully saturated rings. The molecule has 2 N–H and O–H groups in total. The zero-order chi connectivity index (χ0) is 15.3. The number of hydrogen-bond donors (Lipinski definition) is 2. The van der Waals surface area contributed by atoms with Crippen molar-refractivity contribution in [3.63, 3.8) is 0 Å². The van der Waals surface area contributed by atoms with E-state index in [1.54, 1.807) is 12.4 Å². The summed E-state index contributed by atoms with van der Waals surface area (Å²) in [5.41, 5.74) is 0.771. The van der Waals surface area contributed by atoms with E-state index in [9.17, 15) is 13.0 Å². The Hall–Kier alpha value is -2.19. The number of nitrogens with one attached hydrogen (secondary N) is 1. The zero-order valence-electron chi connectivity index (χ0n) is 11.6. The van der Waals surface area contributed by atoms with Crippen LogP contribution < -0.4 is 4.90 Å². The molecular formula is C14H14N4O3S. The molecule has 0 aliphatic carbocycles. The molecule has 3 aromatic rings. The molecule has 1 unspecified atom stereocenters. The highest BCUT2D eigenvalue weighted by atomic mass is 32.2. The van der Waals surface area contributed by atoms with Crippen molar-refractivity contribution in [2.45, 2.75) is 11.7 Å². The van der Waals surface area contributed by atoms with Gasteiger partial charge in [0.05, 0.1) is 0 Å². The summed E-state index contributed by atoms with van der Waals surface area (Å²) in [5, 5.41) is 2.10. The summed E-state index contributed by atoms with van der Waals surface area (Å²) in [6.07, 6.45) is 5.69. The minimum Gasteiger partial charge on any atom is -0.355 e. The molecule has 0 amide bonds. The molecule has 0 radical (unpaired) electrons. The smallest absolute Gasteiger partial charge is 0.269 e. The minimum absolute atomic E-state index is 0.249. The average Bonchev–Trinajstić information content (AvgIpc) is 3.15. The Kier molecular flexibility index (Phi) is 2.85. The Morgan fingerprint density at radius 2 is 2.18 bits per heavy atom. The van der Waals surface area contributed by atoms with Gasteiger partial charge in [-0.2, -0.15) is 8.42 Å². The number of rotatable bonds is 2. The molecule has 0 spiro atoms. The summed E-state index contributed by atoms with van der Waals surface area (Å²) < 4.78 is 31.9. The largest absolute Gasteiger partial charge is 0.355 e. The van der Waals surface area contributed by atoms with Gasteiger partial charge in [0.25, 0.3) is 10.1 Å². The number of H-pyrrole nitrogens is 1. The van der Waals surface area contributed by atoms with Crippen molar-refractivity contribution in [2.24, 2.45) is 0 Å². The molecule has 7 nitrogen and oxygen atoms in total. The summed E-state index contributed by atoms with van der Waals surface area (Å²) in [4.78, 5) is 13.8. The maximum atomic E-state index is 11.3. The lowest BCUT2D eigenvalue weighted by molar-refractivity contribution is 0.470. The Balaban J connectivity index is 1.87. The first-order valence-electron chi connectivity index (χ1n) is 6.96. The number of pyridine rings is 2. The monoisotopic (exact) mass is 318 g/mol. The van der Waals surface area contributed by atoms with Crippen molar-refractivity contribution in [1.82, 2.24) is 15.0 Å². The fourth-order valence-corrected chi connectivity index (χ4v) is 3.83. The highest BCUT2D eigenvalue weighted by Crippen LogP contribution is 2.32. The molecule has 4 rings (SSSR count). The van der Waals surface area contributed by atoms with Gasteiger partial charge in [-0.05, 0) is 18.6 Å². The van der Waals surface area contributed by atoms with Crippen LogP contribution in [-0.2, 0) is 10.1 Å². The van der Waals surface area contributed by atoms with E-state index in [0.29, 0.717) is 13.0 Å². The van der Waals surface area contributed by atoms with Gasteiger partial charge in [0, 0.05) is 47.8 Å². The average molecular weight is 318 g/mol. The van der Waals surface area contributed by atoms with Gasteiger partial charge < -0.3 is 9.88 Å². The molecule has 1 atom stereocenters. The van der Waals surface area contributed by atoms with Gasteiger partial charge in [0.15, 0.2) is 0 Å². The van der Waals surface area contributed by atoms with E-state index < -0.39 is 15.4 Å². The van der Waals surface area contributed by atoms with Crippen molar-refractivity contribution in [2.75, 3.05) is 18.0 Å². The van der Waals surface area contributed by atoms with Gasteiger partial charge in [0.2, 0.25) is 0 Å². The van der Waals surface area contributed by atoms with E-state index in [-0.39, 0.29) is 6.54 Å². The van der Waals surface area contributed by atoms with Crippen molar-refractivity contribution in [3.8, 4) is 0 Å². The molecule has 22 heavy (non-hydrogen) atoms. The van der Waals surface area contributed by atoms with Crippen LogP contribution in [0.3, 0.4) is 0 Å². The molecule has 3 aromatic heterocycles. The summed E-state index contributed by atoms with van der Waals surface area (Å²) in [7, 11) is -4.02. The predicted molar refractivity (Wildman–Crippen MR) is 83.6 cm³/mol. The lowest BCUT2D eigenvalue weighted by atomic mass is 10.1. The lowest BCUT2D eigenvalue weighted by Crippen LogP contribution is -2.27. The number of anilines is 1. The quantitative estimate of drug-likeness (QED) is 0.696. The van der Waals surface area contributed by atoms with Crippen LogP contribution in [0, 0.1) is 0 Å². The first-order chi connectivity index (χ1) is 10.5. The van der Waals surface area contributed by atoms with Crippen molar-refractivity contribution in [3.05, 3.63) is 30.7 Å². The second-order valence-corrected chi connectivity index (χ2v) is 7.17. The molecule has 0 bridgehead atoms. The third kappa shape index (κ3) is 2.03. The Bertz CT molecular complexity index is 967. The molecule has 8 heteroatoms. The van der Waals surface area contributed by atoms with Crippen LogP contribution >= 0.6 is 0 Å². The highest BCUT2D eigenvalue weighted by molar-refractivity contribution is 7.86. The van der Waals surface area contributed by atoms with Crippen LogP contribution in [-0.4, -0.2) is 46.3 Å². The van der Waals surface area contributed by atoms with Crippen molar-refractivity contribution in [1.29, 1.82) is 0 Å².